The van der Waals surface area contributed by atoms with Gasteiger partial charge in [-0.1, -0.05) is 6.07 Å². The maximum Gasteiger partial charge on any atom is 0.416 e. The van der Waals surface area contributed by atoms with E-state index in [-0.39, 0.29) is 24.2 Å². The highest BCUT2D eigenvalue weighted by molar-refractivity contribution is 5.80. The lowest BCUT2D eigenvalue weighted by Gasteiger charge is -2.33. The number of guanidine groups is 1. The molecule has 1 heterocycles. The molecule has 1 aromatic carbocycles. The van der Waals surface area contributed by atoms with E-state index < -0.39 is 11.7 Å². The molecule has 0 aliphatic carbocycles. The maximum absolute atomic E-state index is 12.7. The third kappa shape index (κ3) is 6.31. The molecule has 6 nitrogen and oxygen atoms in total. The number of hydrogen-bond acceptors (Lipinski definition) is 4. The van der Waals surface area contributed by atoms with Gasteiger partial charge in [0.05, 0.1) is 24.6 Å². The van der Waals surface area contributed by atoms with E-state index in [0.717, 1.165) is 12.1 Å². The van der Waals surface area contributed by atoms with Crippen LogP contribution in [0.4, 0.5) is 13.2 Å². The summed E-state index contributed by atoms with van der Waals surface area (Å²) in [5.41, 5.74) is -0.738. The molecule has 1 N–H and O–H groups in total. The fraction of sp³-hybridized carbons (Fsp3) is 0.579. The standard InChI is InChI=1S/C19H26F3N3O3/c1-3-27-17(26)14-7-10-25(11-8-14)18(23-2)24-9-12-28-16-6-4-5-15(13-16)19(20,21)22/h4-6,13-14H,3,7-12H2,1-2H3,(H,23,24). The number of nitrogens with one attached hydrogen (secondary N) is 1. The van der Waals surface area contributed by atoms with Crippen molar-refractivity contribution >= 4 is 11.9 Å². The lowest BCUT2D eigenvalue weighted by atomic mass is 9.97. The van der Waals surface area contributed by atoms with Crippen LogP contribution in [0.2, 0.25) is 0 Å². The Morgan fingerprint density at radius 2 is 2.04 bits per heavy atom. The van der Waals surface area contributed by atoms with Gasteiger partial charge in [-0.25, -0.2) is 0 Å². The number of carbonyl (C=O) groups excluding carboxylic acids is 1. The average Bonchev–Trinajstić information content (AvgIpc) is 2.68. The highest BCUT2D eigenvalue weighted by Crippen LogP contribution is 2.31. The van der Waals surface area contributed by atoms with Crippen LogP contribution in [0.5, 0.6) is 5.75 Å². The second-order valence-electron chi connectivity index (χ2n) is 6.36. The Kier molecular flexibility index (Phi) is 7.95. The van der Waals surface area contributed by atoms with Gasteiger partial charge in [-0.05, 0) is 38.0 Å². The molecular weight excluding hydrogens is 375 g/mol. The van der Waals surface area contributed by atoms with E-state index in [1.807, 2.05) is 4.90 Å². The fourth-order valence-electron chi connectivity index (χ4n) is 3.01. The summed E-state index contributed by atoms with van der Waals surface area (Å²) in [4.78, 5) is 18.1. The van der Waals surface area contributed by atoms with Gasteiger partial charge in [-0.3, -0.25) is 9.79 Å². The van der Waals surface area contributed by atoms with Crippen LogP contribution in [0.3, 0.4) is 0 Å². The zero-order valence-corrected chi connectivity index (χ0v) is 16.1. The quantitative estimate of drug-likeness (QED) is 0.344. The van der Waals surface area contributed by atoms with Crippen LogP contribution in [0, 0.1) is 5.92 Å². The number of halogens is 3. The highest BCUT2D eigenvalue weighted by atomic mass is 19.4. The van der Waals surface area contributed by atoms with Crippen molar-refractivity contribution in [1.82, 2.24) is 10.2 Å². The van der Waals surface area contributed by atoms with Gasteiger partial charge in [0.1, 0.15) is 12.4 Å². The number of esters is 1. The van der Waals surface area contributed by atoms with Crippen molar-refractivity contribution in [3.63, 3.8) is 0 Å². The summed E-state index contributed by atoms with van der Waals surface area (Å²) in [5, 5.41) is 3.14. The zero-order valence-electron chi connectivity index (χ0n) is 16.1. The highest BCUT2D eigenvalue weighted by Gasteiger charge is 2.30. The van der Waals surface area contributed by atoms with Crippen molar-refractivity contribution in [3.8, 4) is 5.75 Å². The van der Waals surface area contributed by atoms with E-state index in [9.17, 15) is 18.0 Å². The number of rotatable bonds is 6. The van der Waals surface area contributed by atoms with Crippen LogP contribution in [0.1, 0.15) is 25.3 Å². The molecule has 1 fully saturated rings. The largest absolute Gasteiger partial charge is 0.492 e. The molecule has 0 saturated carbocycles. The molecule has 28 heavy (non-hydrogen) atoms. The lowest BCUT2D eigenvalue weighted by Crippen LogP contribution is -2.47. The van der Waals surface area contributed by atoms with Gasteiger partial charge in [-0.15, -0.1) is 0 Å². The van der Waals surface area contributed by atoms with E-state index in [1.54, 1.807) is 14.0 Å². The molecule has 0 unspecified atom stereocenters. The Morgan fingerprint density at radius 3 is 2.64 bits per heavy atom. The number of carbonyl (C=O) groups is 1. The molecule has 0 amide bonds. The molecule has 0 atom stereocenters. The smallest absolute Gasteiger partial charge is 0.416 e. The Bertz CT molecular complexity index is 672. The number of alkyl halides is 3. The summed E-state index contributed by atoms with van der Waals surface area (Å²) in [6.07, 6.45) is -3.00. The number of benzene rings is 1. The topological polar surface area (TPSA) is 63.2 Å². The molecule has 1 saturated heterocycles. The van der Waals surface area contributed by atoms with Crippen molar-refractivity contribution in [3.05, 3.63) is 29.8 Å². The van der Waals surface area contributed by atoms with Crippen LogP contribution in [-0.4, -0.2) is 56.7 Å². The number of nitrogens with zero attached hydrogens (tertiary/aromatic N) is 2. The molecule has 1 aromatic rings. The van der Waals surface area contributed by atoms with E-state index >= 15 is 0 Å². The van der Waals surface area contributed by atoms with Crippen molar-refractivity contribution in [1.29, 1.82) is 0 Å². The Balaban J connectivity index is 1.76. The summed E-state index contributed by atoms with van der Waals surface area (Å²) in [7, 11) is 1.66. The normalized spacial score (nSPS) is 16.0. The first-order chi connectivity index (χ1) is 13.3. The Labute approximate surface area is 162 Å². The zero-order chi connectivity index (χ0) is 20.6. The molecule has 0 aromatic heterocycles. The van der Waals surface area contributed by atoms with E-state index in [2.05, 4.69) is 10.3 Å². The summed E-state index contributed by atoms with van der Waals surface area (Å²) in [6, 6.07) is 4.80. The third-order valence-electron chi connectivity index (χ3n) is 4.44. The Morgan fingerprint density at radius 1 is 1.32 bits per heavy atom. The fourth-order valence-corrected chi connectivity index (χ4v) is 3.01. The maximum atomic E-state index is 12.7. The lowest BCUT2D eigenvalue weighted by molar-refractivity contribution is -0.149. The van der Waals surface area contributed by atoms with Gasteiger partial charge in [0.15, 0.2) is 5.96 Å². The number of aliphatic imine (C=N–C) groups is 1. The molecule has 1 aliphatic heterocycles. The minimum absolute atomic E-state index is 0.0847. The molecular formula is C19H26F3N3O3. The first-order valence-electron chi connectivity index (χ1n) is 9.27. The molecule has 2 rings (SSSR count). The molecule has 0 bridgehead atoms. The second-order valence-corrected chi connectivity index (χ2v) is 6.36. The Hall–Kier alpha value is -2.45. The van der Waals surface area contributed by atoms with Crippen LogP contribution < -0.4 is 10.1 Å². The number of likely N-dealkylation sites (tertiary alicyclic amines) is 1. The summed E-state index contributed by atoms with van der Waals surface area (Å²) in [5.74, 6) is 0.606. The molecule has 156 valence electrons. The van der Waals surface area contributed by atoms with Gasteiger partial charge >= 0.3 is 12.1 Å². The molecule has 1 aliphatic rings. The first kappa shape index (κ1) is 21.8. The summed E-state index contributed by atoms with van der Waals surface area (Å²) >= 11 is 0. The van der Waals surface area contributed by atoms with Gasteiger partial charge in [0.2, 0.25) is 0 Å². The molecule has 0 spiro atoms. The monoisotopic (exact) mass is 401 g/mol. The van der Waals surface area contributed by atoms with Gasteiger partial charge in [0, 0.05) is 20.1 Å². The first-order valence-corrected chi connectivity index (χ1v) is 9.27. The van der Waals surface area contributed by atoms with Crippen molar-refractivity contribution < 1.29 is 27.4 Å². The van der Waals surface area contributed by atoms with Crippen molar-refractivity contribution in [2.75, 3.05) is 39.9 Å². The number of piperidine rings is 1. The molecule has 9 heteroatoms. The third-order valence-corrected chi connectivity index (χ3v) is 4.44. The SMILES string of the molecule is CCOC(=O)C1CCN(C(=NC)NCCOc2cccc(C(F)(F)F)c2)CC1. The van der Waals surface area contributed by atoms with E-state index in [4.69, 9.17) is 9.47 Å². The summed E-state index contributed by atoms with van der Waals surface area (Å²) in [6.45, 7) is 4.12. The van der Waals surface area contributed by atoms with Gasteiger partial charge in [0.25, 0.3) is 0 Å². The number of hydrogen-bond donors (Lipinski definition) is 1. The van der Waals surface area contributed by atoms with E-state index in [0.29, 0.717) is 45.0 Å². The van der Waals surface area contributed by atoms with Crippen LogP contribution in [-0.2, 0) is 15.7 Å². The van der Waals surface area contributed by atoms with Gasteiger partial charge in [-0.2, -0.15) is 13.2 Å². The van der Waals surface area contributed by atoms with Gasteiger partial charge < -0.3 is 19.7 Å². The predicted octanol–water partition coefficient (Wildman–Crippen LogP) is 2.93. The average molecular weight is 401 g/mol. The van der Waals surface area contributed by atoms with Crippen LogP contribution in [0.25, 0.3) is 0 Å². The molecule has 0 radical (unpaired) electrons. The number of ether oxygens (including phenoxy) is 2. The van der Waals surface area contributed by atoms with Crippen molar-refractivity contribution in [2.24, 2.45) is 10.9 Å². The predicted molar refractivity (Wildman–Crippen MR) is 99.2 cm³/mol. The van der Waals surface area contributed by atoms with Crippen LogP contribution in [0.15, 0.2) is 29.3 Å². The van der Waals surface area contributed by atoms with E-state index in [1.165, 1.54) is 12.1 Å². The van der Waals surface area contributed by atoms with Crippen LogP contribution >= 0.6 is 0 Å². The minimum Gasteiger partial charge on any atom is -0.492 e. The summed E-state index contributed by atoms with van der Waals surface area (Å²) < 4.78 is 48.6. The second kappa shape index (κ2) is 10.2. The minimum atomic E-state index is -4.39. The van der Waals surface area contributed by atoms with Crippen molar-refractivity contribution in [2.45, 2.75) is 25.9 Å².